The van der Waals surface area contributed by atoms with E-state index in [4.69, 9.17) is 0 Å². The first-order valence-corrected chi connectivity index (χ1v) is 4.33. The van der Waals surface area contributed by atoms with E-state index in [0.717, 1.165) is 23.4 Å². The van der Waals surface area contributed by atoms with Gasteiger partial charge in [-0.15, -0.1) is 12.6 Å². The molecule has 0 unspecified atom stereocenters. The minimum absolute atomic E-state index is 1.01. The number of nitrogens with zero attached hydrogens (tertiary/aromatic N) is 1. The lowest BCUT2D eigenvalue weighted by molar-refractivity contribution is 0.889. The number of pyridine rings is 1. The van der Waals surface area contributed by atoms with Crippen LogP contribution in [0, 0.1) is 6.92 Å². The van der Waals surface area contributed by atoms with Gasteiger partial charge in [0.2, 0.25) is 0 Å². The molecule has 0 aliphatic rings. The number of thiol groups is 1. The summed E-state index contributed by atoms with van der Waals surface area (Å²) in [5, 5.41) is 0. The molecule has 0 aromatic carbocycles. The highest BCUT2D eigenvalue weighted by Crippen LogP contribution is 2.14. The molecule has 1 nitrogen and oxygen atoms in total. The number of rotatable bonds is 2. The summed E-state index contributed by atoms with van der Waals surface area (Å²) in [4.78, 5) is 5.16. The van der Waals surface area contributed by atoms with Crippen molar-refractivity contribution in [3.8, 4) is 0 Å². The van der Waals surface area contributed by atoms with Crippen LogP contribution >= 0.6 is 12.6 Å². The van der Waals surface area contributed by atoms with Gasteiger partial charge >= 0.3 is 0 Å². The molecule has 2 heteroatoms. The van der Waals surface area contributed by atoms with Crippen LogP contribution in [0.25, 0.3) is 0 Å². The average molecular weight is 167 g/mol. The predicted molar refractivity (Wildman–Crippen MR) is 50.2 cm³/mol. The van der Waals surface area contributed by atoms with Crippen LogP contribution < -0.4 is 0 Å². The molecule has 0 fully saturated rings. The Morgan fingerprint density at radius 1 is 1.55 bits per heavy atom. The fraction of sp³-hybridized carbons (Fsp3) is 0.444. The second-order valence-corrected chi connectivity index (χ2v) is 3.19. The summed E-state index contributed by atoms with van der Waals surface area (Å²) < 4.78 is 0. The summed E-state index contributed by atoms with van der Waals surface area (Å²) in [5.74, 6) is 0. The Labute approximate surface area is 73.3 Å². The van der Waals surface area contributed by atoms with E-state index in [1.165, 1.54) is 5.56 Å². The molecule has 60 valence electrons. The Hall–Kier alpha value is -0.500. The van der Waals surface area contributed by atoms with Gasteiger partial charge in [-0.05, 0) is 25.0 Å². The maximum Gasteiger partial charge on any atom is 0.0407 e. The zero-order valence-electron chi connectivity index (χ0n) is 6.96. The number of aromatic nitrogens is 1. The molecule has 0 amide bonds. The van der Waals surface area contributed by atoms with Crippen LogP contribution in [0.15, 0.2) is 17.2 Å². The Bertz CT molecular complexity index is 245. The third-order valence-electron chi connectivity index (χ3n) is 1.62. The van der Waals surface area contributed by atoms with Gasteiger partial charge in [0.15, 0.2) is 0 Å². The smallest absolute Gasteiger partial charge is 0.0407 e. The molecule has 1 aromatic rings. The second-order valence-electron chi connectivity index (χ2n) is 2.70. The Morgan fingerprint density at radius 3 is 2.91 bits per heavy atom. The van der Waals surface area contributed by atoms with Gasteiger partial charge in [0, 0.05) is 16.8 Å². The SMILES string of the molecule is CCCc1cc(C)ncc1S. The predicted octanol–water partition coefficient (Wildman–Crippen LogP) is 2.63. The fourth-order valence-corrected chi connectivity index (χ4v) is 1.31. The Kier molecular flexibility index (Phi) is 2.94. The molecule has 0 saturated heterocycles. The molecule has 1 aromatic heterocycles. The van der Waals surface area contributed by atoms with Crippen LogP contribution in [0.5, 0.6) is 0 Å². The zero-order chi connectivity index (χ0) is 8.27. The molecule has 0 bridgehead atoms. The van der Waals surface area contributed by atoms with Crippen molar-refractivity contribution in [1.29, 1.82) is 0 Å². The van der Waals surface area contributed by atoms with E-state index in [0.29, 0.717) is 0 Å². The molecule has 0 atom stereocenters. The summed E-state index contributed by atoms with van der Waals surface area (Å²) in [5.41, 5.74) is 2.38. The van der Waals surface area contributed by atoms with Crippen LogP contribution in [-0.4, -0.2) is 4.98 Å². The highest BCUT2D eigenvalue weighted by Gasteiger charge is 1.97. The first kappa shape index (κ1) is 8.60. The van der Waals surface area contributed by atoms with Crippen molar-refractivity contribution in [2.75, 3.05) is 0 Å². The molecule has 1 heterocycles. The van der Waals surface area contributed by atoms with Crippen LogP contribution in [-0.2, 0) is 6.42 Å². The summed E-state index contributed by atoms with van der Waals surface area (Å²) >= 11 is 4.32. The Morgan fingerprint density at radius 2 is 2.27 bits per heavy atom. The molecule has 0 aliphatic carbocycles. The molecule has 11 heavy (non-hydrogen) atoms. The highest BCUT2D eigenvalue weighted by atomic mass is 32.1. The molecular formula is C9H13NS. The second kappa shape index (κ2) is 3.77. The van der Waals surface area contributed by atoms with Gasteiger partial charge in [0.1, 0.15) is 0 Å². The van der Waals surface area contributed by atoms with E-state index in [2.05, 4.69) is 30.6 Å². The van der Waals surface area contributed by atoms with E-state index in [9.17, 15) is 0 Å². The zero-order valence-corrected chi connectivity index (χ0v) is 7.86. The average Bonchev–Trinajstić information content (AvgIpc) is 1.98. The van der Waals surface area contributed by atoms with Crippen molar-refractivity contribution >= 4 is 12.6 Å². The van der Waals surface area contributed by atoms with Gasteiger partial charge in [-0.3, -0.25) is 4.98 Å². The van der Waals surface area contributed by atoms with Crippen LogP contribution in [0.3, 0.4) is 0 Å². The number of hydrogen-bond donors (Lipinski definition) is 1. The number of hydrogen-bond acceptors (Lipinski definition) is 2. The van der Waals surface area contributed by atoms with Crippen molar-refractivity contribution in [2.45, 2.75) is 31.6 Å². The van der Waals surface area contributed by atoms with Gasteiger partial charge in [-0.25, -0.2) is 0 Å². The first-order chi connectivity index (χ1) is 5.24. The van der Waals surface area contributed by atoms with Gasteiger partial charge < -0.3 is 0 Å². The summed E-state index contributed by atoms with van der Waals surface area (Å²) in [7, 11) is 0. The lowest BCUT2D eigenvalue weighted by Crippen LogP contribution is -1.89. The van der Waals surface area contributed by atoms with Gasteiger partial charge in [0.05, 0.1) is 0 Å². The van der Waals surface area contributed by atoms with E-state index in [1.807, 2.05) is 13.1 Å². The third-order valence-corrected chi connectivity index (χ3v) is 2.02. The summed E-state index contributed by atoms with van der Waals surface area (Å²) in [6.45, 7) is 4.18. The molecule has 1 rings (SSSR count). The van der Waals surface area contributed by atoms with Gasteiger partial charge in [0.25, 0.3) is 0 Å². The van der Waals surface area contributed by atoms with E-state index >= 15 is 0 Å². The minimum Gasteiger partial charge on any atom is -0.260 e. The van der Waals surface area contributed by atoms with Crippen molar-refractivity contribution in [2.24, 2.45) is 0 Å². The van der Waals surface area contributed by atoms with E-state index in [-0.39, 0.29) is 0 Å². The normalized spacial score (nSPS) is 10.1. The van der Waals surface area contributed by atoms with Crippen LogP contribution in [0.4, 0.5) is 0 Å². The molecule has 0 aliphatic heterocycles. The molecule has 0 N–H and O–H groups in total. The first-order valence-electron chi connectivity index (χ1n) is 3.88. The Balaban J connectivity index is 2.93. The molecule has 0 spiro atoms. The topological polar surface area (TPSA) is 12.9 Å². The quantitative estimate of drug-likeness (QED) is 0.668. The number of aryl methyl sites for hydroxylation is 2. The maximum atomic E-state index is 4.32. The fourth-order valence-electron chi connectivity index (χ4n) is 1.08. The van der Waals surface area contributed by atoms with Gasteiger partial charge in [-0.1, -0.05) is 13.3 Å². The van der Waals surface area contributed by atoms with Crippen LogP contribution in [0.2, 0.25) is 0 Å². The monoisotopic (exact) mass is 167 g/mol. The largest absolute Gasteiger partial charge is 0.260 e. The van der Waals surface area contributed by atoms with E-state index < -0.39 is 0 Å². The lowest BCUT2D eigenvalue weighted by Gasteiger charge is -2.02. The molecule has 0 radical (unpaired) electrons. The lowest BCUT2D eigenvalue weighted by atomic mass is 10.1. The molecule has 0 saturated carbocycles. The molecular weight excluding hydrogens is 154 g/mol. The van der Waals surface area contributed by atoms with E-state index in [1.54, 1.807) is 0 Å². The van der Waals surface area contributed by atoms with Crippen LogP contribution in [0.1, 0.15) is 24.6 Å². The van der Waals surface area contributed by atoms with Crippen molar-refractivity contribution in [1.82, 2.24) is 4.98 Å². The van der Waals surface area contributed by atoms with Gasteiger partial charge in [-0.2, -0.15) is 0 Å². The third kappa shape index (κ3) is 2.22. The minimum atomic E-state index is 1.01. The van der Waals surface area contributed by atoms with Crippen molar-refractivity contribution in [3.05, 3.63) is 23.5 Å². The van der Waals surface area contributed by atoms with Crippen molar-refractivity contribution < 1.29 is 0 Å². The summed E-state index contributed by atoms with van der Waals surface area (Å²) in [6, 6.07) is 2.10. The highest BCUT2D eigenvalue weighted by molar-refractivity contribution is 7.80. The van der Waals surface area contributed by atoms with Crippen molar-refractivity contribution in [3.63, 3.8) is 0 Å². The summed E-state index contributed by atoms with van der Waals surface area (Å²) in [6.07, 6.45) is 4.09. The standard InChI is InChI=1S/C9H13NS/c1-3-4-8-5-7(2)10-6-9(8)11/h5-6,11H,3-4H2,1-2H3. The maximum absolute atomic E-state index is 4.32.